The number of benzene rings is 1. The molecule has 1 heterocycles. The highest BCUT2D eigenvalue weighted by Gasteiger charge is 2.11. The Morgan fingerprint density at radius 3 is 2.67 bits per heavy atom. The summed E-state index contributed by atoms with van der Waals surface area (Å²) < 4.78 is 11.2. The number of ether oxygens (including phenoxy) is 2. The molecule has 0 unspecified atom stereocenters. The molecule has 0 aliphatic carbocycles. The zero-order valence-corrected chi connectivity index (χ0v) is 13.2. The summed E-state index contributed by atoms with van der Waals surface area (Å²) in [7, 11) is 1.65. The standard InChI is InChI=1S/C16H18N2O2S/c1-10-8-18-13(11(2)15(10)19-3)9-20-14-7-5-4-6-12(14)16(17)21/h4-8H,9H2,1-3H3,(H2,17,21). The minimum absolute atomic E-state index is 0.316. The molecule has 4 nitrogen and oxygen atoms in total. The number of hydrogen-bond acceptors (Lipinski definition) is 4. The fourth-order valence-corrected chi connectivity index (χ4v) is 2.33. The summed E-state index contributed by atoms with van der Waals surface area (Å²) in [4.78, 5) is 4.72. The van der Waals surface area contributed by atoms with Gasteiger partial charge in [0, 0.05) is 17.3 Å². The zero-order chi connectivity index (χ0) is 15.4. The van der Waals surface area contributed by atoms with E-state index in [4.69, 9.17) is 27.4 Å². The maximum Gasteiger partial charge on any atom is 0.131 e. The van der Waals surface area contributed by atoms with Crippen LogP contribution >= 0.6 is 12.2 Å². The highest BCUT2D eigenvalue weighted by atomic mass is 32.1. The third-order valence-electron chi connectivity index (χ3n) is 3.27. The van der Waals surface area contributed by atoms with Crippen LogP contribution in [-0.4, -0.2) is 17.1 Å². The number of nitrogens with zero attached hydrogens (tertiary/aromatic N) is 1. The van der Waals surface area contributed by atoms with Crippen molar-refractivity contribution in [2.45, 2.75) is 20.5 Å². The van der Waals surface area contributed by atoms with Gasteiger partial charge in [-0.25, -0.2) is 0 Å². The second-order valence-corrected chi connectivity index (χ2v) is 5.14. The molecule has 2 N–H and O–H groups in total. The van der Waals surface area contributed by atoms with Crippen molar-refractivity contribution in [1.82, 2.24) is 4.98 Å². The van der Waals surface area contributed by atoms with E-state index in [1.807, 2.05) is 38.1 Å². The first-order valence-electron chi connectivity index (χ1n) is 6.55. The van der Waals surface area contributed by atoms with E-state index in [2.05, 4.69) is 4.98 Å². The van der Waals surface area contributed by atoms with Crippen LogP contribution in [0.2, 0.25) is 0 Å². The van der Waals surface area contributed by atoms with Crippen LogP contribution in [-0.2, 0) is 6.61 Å². The quantitative estimate of drug-likeness (QED) is 0.861. The number of hydrogen-bond donors (Lipinski definition) is 1. The fraction of sp³-hybridized carbons (Fsp3) is 0.250. The van der Waals surface area contributed by atoms with Crippen molar-refractivity contribution in [3.05, 3.63) is 52.8 Å². The molecular weight excluding hydrogens is 284 g/mol. The molecule has 5 heteroatoms. The minimum Gasteiger partial charge on any atom is -0.496 e. The van der Waals surface area contributed by atoms with Gasteiger partial charge in [0.25, 0.3) is 0 Å². The molecule has 0 aliphatic heterocycles. The van der Waals surface area contributed by atoms with Crippen LogP contribution in [0.4, 0.5) is 0 Å². The largest absolute Gasteiger partial charge is 0.496 e. The van der Waals surface area contributed by atoms with Crippen LogP contribution in [0, 0.1) is 13.8 Å². The van der Waals surface area contributed by atoms with Gasteiger partial charge >= 0.3 is 0 Å². The number of methoxy groups -OCH3 is 1. The van der Waals surface area contributed by atoms with Crippen molar-refractivity contribution in [2.24, 2.45) is 5.73 Å². The summed E-state index contributed by atoms with van der Waals surface area (Å²) in [5, 5.41) is 0. The average molecular weight is 302 g/mol. The molecule has 0 amide bonds. The molecule has 110 valence electrons. The molecule has 0 spiro atoms. The summed E-state index contributed by atoms with van der Waals surface area (Å²) in [5.41, 5.74) is 9.23. The van der Waals surface area contributed by atoms with E-state index in [1.165, 1.54) is 0 Å². The predicted octanol–water partition coefficient (Wildman–Crippen LogP) is 2.92. The second kappa shape index (κ2) is 6.54. The van der Waals surface area contributed by atoms with E-state index >= 15 is 0 Å². The summed E-state index contributed by atoms with van der Waals surface area (Å²) in [6, 6.07) is 7.44. The molecule has 1 aromatic carbocycles. The molecule has 0 radical (unpaired) electrons. The molecule has 0 saturated heterocycles. The van der Waals surface area contributed by atoms with Gasteiger partial charge in [-0.15, -0.1) is 0 Å². The topological polar surface area (TPSA) is 57.4 Å². The van der Waals surface area contributed by atoms with E-state index in [0.29, 0.717) is 17.3 Å². The van der Waals surface area contributed by atoms with Crippen molar-refractivity contribution in [3.63, 3.8) is 0 Å². The Labute approximate surface area is 129 Å². The first-order chi connectivity index (χ1) is 10.0. The maximum atomic E-state index is 5.82. The summed E-state index contributed by atoms with van der Waals surface area (Å²) in [5.74, 6) is 1.50. The Balaban J connectivity index is 2.23. The van der Waals surface area contributed by atoms with Crippen molar-refractivity contribution < 1.29 is 9.47 Å². The lowest BCUT2D eigenvalue weighted by Crippen LogP contribution is -2.12. The van der Waals surface area contributed by atoms with Gasteiger partial charge < -0.3 is 15.2 Å². The van der Waals surface area contributed by atoms with E-state index < -0.39 is 0 Å². The lowest BCUT2D eigenvalue weighted by molar-refractivity contribution is 0.298. The van der Waals surface area contributed by atoms with E-state index in [1.54, 1.807) is 13.3 Å². The third-order valence-corrected chi connectivity index (χ3v) is 3.49. The zero-order valence-electron chi connectivity index (χ0n) is 12.3. The molecule has 2 aromatic rings. The third kappa shape index (κ3) is 3.31. The van der Waals surface area contributed by atoms with E-state index in [0.717, 1.165) is 28.1 Å². The number of pyridine rings is 1. The predicted molar refractivity (Wildman–Crippen MR) is 86.9 cm³/mol. The van der Waals surface area contributed by atoms with Gasteiger partial charge in [-0.3, -0.25) is 4.98 Å². The molecule has 2 rings (SSSR count). The molecule has 1 aromatic heterocycles. The molecule has 21 heavy (non-hydrogen) atoms. The van der Waals surface area contributed by atoms with Crippen LogP contribution in [0.15, 0.2) is 30.5 Å². The molecule has 0 bridgehead atoms. The number of rotatable bonds is 5. The molecule has 0 atom stereocenters. The van der Waals surface area contributed by atoms with Gasteiger partial charge in [0.1, 0.15) is 23.1 Å². The van der Waals surface area contributed by atoms with Crippen molar-refractivity contribution in [2.75, 3.05) is 7.11 Å². The van der Waals surface area contributed by atoms with Crippen LogP contribution in [0.1, 0.15) is 22.4 Å². The van der Waals surface area contributed by atoms with E-state index in [-0.39, 0.29) is 0 Å². The first-order valence-corrected chi connectivity index (χ1v) is 6.96. The van der Waals surface area contributed by atoms with Gasteiger partial charge in [-0.2, -0.15) is 0 Å². The Bertz CT molecular complexity index is 671. The summed E-state index contributed by atoms with van der Waals surface area (Å²) >= 11 is 5.03. The highest BCUT2D eigenvalue weighted by molar-refractivity contribution is 7.80. The lowest BCUT2D eigenvalue weighted by Gasteiger charge is -2.14. The van der Waals surface area contributed by atoms with Crippen LogP contribution < -0.4 is 15.2 Å². The van der Waals surface area contributed by atoms with Gasteiger partial charge in [0.05, 0.1) is 18.4 Å². The van der Waals surface area contributed by atoms with Crippen molar-refractivity contribution >= 4 is 17.2 Å². The smallest absolute Gasteiger partial charge is 0.131 e. The summed E-state index contributed by atoms with van der Waals surface area (Å²) in [6.45, 7) is 4.27. The van der Waals surface area contributed by atoms with Crippen LogP contribution in [0.5, 0.6) is 11.5 Å². The van der Waals surface area contributed by atoms with Gasteiger partial charge in [0.2, 0.25) is 0 Å². The number of nitrogens with two attached hydrogens (primary N) is 1. The van der Waals surface area contributed by atoms with Crippen molar-refractivity contribution in [3.8, 4) is 11.5 Å². The normalized spacial score (nSPS) is 10.2. The monoisotopic (exact) mass is 302 g/mol. The SMILES string of the molecule is COc1c(C)cnc(COc2ccccc2C(N)=S)c1C. The number of aromatic nitrogens is 1. The Kier molecular flexibility index (Phi) is 4.75. The highest BCUT2D eigenvalue weighted by Crippen LogP contribution is 2.25. The lowest BCUT2D eigenvalue weighted by atomic mass is 10.1. The van der Waals surface area contributed by atoms with Gasteiger partial charge in [-0.1, -0.05) is 24.4 Å². The molecule has 0 saturated carbocycles. The minimum atomic E-state index is 0.316. The molecular formula is C16H18N2O2S. The maximum absolute atomic E-state index is 5.82. The average Bonchev–Trinajstić information content (AvgIpc) is 2.47. The first kappa shape index (κ1) is 15.3. The number of thiocarbonyl (C=S) groups is 1. The Morgan fingerprint density at radius 1 is 1.29 bits per heavy atom. The number of para-hydroxylation sites is 1. The summed E-state index contributed by atoms with van der Waals surface area (Å²) in [6.07, 6.45) is 1.78. The van der Waals surface area contributed by atoms with E-state index in [9.17, 15) is 0 Å². The fourth-order valence-electron chi connectivity index (χ4n) is 2.16. The van der Waals surface area contributed by atoms with Crippen LogP contribution in [0.3, 0.4) is 0 Å². The molecule has 0 aliphatic rings. The second-order valence-electron chi connectivity index (χ2n) is 4.70. The van der Waals surface area contributed by atoms with Gasteiger partial charge in [0.15, 0.2) is 0 Å². The number of aryl methyl sites for hydroxylation is 1. The van der Waals surface area contributed by atoms with Gasteiger partial charge in [-0.05, 0) is 26.0 Å². The Morgan fingerprint density at radius 2 is 2.00 bits per heavy atom. The molecule has 0 fully saturated rings. The Hall–Kier alpha value is -2.14. The van der Waals surface area contributed by atoms with Crippen molar-refractivity contribution in [1.29, 1.82) is 0 Å². The van der Waals surface area contributed by atoms with Crippen LogP contribution in [0.25, 0.3) is 0 Å².